The predicted molar refractivity (Wildman–Crippen MR) is 104 cm³/mol. The molecular weight excluding hydrogens is 358 g/mol. The van der Waals surface area contributed by atoms with Crippen LogP contribution in [-0.2, 0) is 16.2 Å². The number of nitrogens with zero attached hydrogens (tertiary/aromatic N) is 1. The number of hydrogen-bond donors (Lipinski definition) is 2. The Hall–Kier alpha value is -3.71. The number of nitrogens with two attached hydrogens (primary N) is 1. The van der Waals surface area contributed by atoms with E-state index >= 15 is 0 Å². The van der Waals surface area contributed by atoms with Crippen molar-refractivity contribution in [2.24, 2.45) is 5.73 Å². The Morgan fingerprint density at radius 2 is 1.89 bits per heavy atom. The van der Waals surface area contributed by atoms with Gasteiger partial charge in [-0.25, -0.2) is 0 Å². The molecule has 0 aliphatic carbocycles. The first kappa shape index (κ1) is 17.7. The lowest BCUT2D eigenvalue weighted by atomic mass is 10.1. The van der Waals surface area contributed by atoms with E-state index < -0.39 is 11.8 Å². The van der Waals surface area contributed by atoms with Crippen LogP contribution in [0, 0.1) is 0 Å². The fraction of sp³-hybridized carbons (Fsp3) is 0.0952. The first-order valence-electron chi connectivity index (χ1n) is 8.69. The minimum Gasteiger partial charge on any atom is -0.489 e. The molecule has 0 atom stereocenters. The van der Waals surface area contributed by atoms with Crippen LogP contribution in [-0.4, -0.2) is 28.8 Å². The second-order valence-corrected chi connectivity index (χ2v) is 6.34. The van der Waals surface area contributed by atoms with Crippen LogP contribution in [0.4, 0.5) is 0 Å². The third kappa shape index (κ3) is 3.19. The summed E-state index contributed by atoms with van der Waals surface area (Å²) >= 11 is 0. The number of aromatic nitrogens is 1. The highest BCUT2D eigenvalue weighted by Gasteiger charge is 2.26. The van der Waals surface area contributed by atoms with Crippen molar-refractivity contribution in [2.45, 2.75) is 6.61 Å². The number of carbonyl (C=O) groups is 3. The highest BCUT2D eigenvalue weighted by molar-refractivity contribution is 6.35. The van der Waals surface area contributed by atoms with Crippen molar-refractivity contribution < 1.29 is 19.1 Å². The summed E-state index contributed by atoms with van der Waals surface area (Å²) < 4.78 is 7.25. The van der Waals surface area contributed by atoms with Crippen LogP contribution in [0.2, 0.25) is 0 Å². The monoisotopic (exact) mass is 375 g/mol. The van der Waals surface area contributed by atoms with Crippen LogP contribution < -0.4 is 15.8 Å². The summed E-state index contributed by atoms with van der Waals surface area (Å²) in [7, 11) is 0. The van der Waals surface area contributed by atoms with Crippen LogP contribution in [0.3, 0.4) is 0 Å². The van der Waals surface area contributed by atoms with E-state index in [1.165, 1.54) is 16.8 Å². The van der Waals surface area contributed by atoms with Gasteiger partial charge in [0.05, 0.1) is 17.6 Å². The minimum absolute atomic E-state index is 0.181. The third-order valence-corrected chi connectivity index (χ3v) is 4.51. The second kappa shape index (κ2) is 7.13. The van der Waals surface area contributed by atoms with Gasteiger partial charge < -0.3 is 10.5 Å². The third-order valence-electron chi connectivity index (χ3n) is 4.51. The van der Waals surface area contributed by atoms with Crippen molar-refractivity contribution in [3.05, 3.63) is 71.9 Å². The van der Waals surface area contributed by atoms with Crippen molar-refractivity contribution in [1.82, 2.24) is 9.88 Å². The lowest BCUT2D eigenvalue weighted by Gasteiger charge is -2.08. The SMILES string of the molecule is NCC(=O)n1cc(C2=CC(=O)NC2=O)c2cc(OCc3ccccc3)ccc21. The maximum Gasteiger partial charge on any atom is 0.258 e. The zero-order valence-electron chi connectivity index (χ0n) is 14.8. The molecule has 3 aromatic rings. The fourth-order valence-corrected chi connectivity index (χ4v) is 3.17. The summed E-state index contributed by atoms with van der Waals surface area (Å²) in [5.74, 6) is -0.720. The molecule has 4 rings (SSSR count). The molecule has 140 valence electrons. The Morgan fingerprint density at radius 3 is 2.57 bits per heavy atom. The normalized spacial score (nSPS) is 13.5. The molecule has 0 saturated heterocycles. The summed E-state index contributed by atoms with van der Waals surface area (Å²) in [6.07, 6.45) is 2.76. The Balaban J connectivity index is 1.76. The van der Waals surface area contributed by atoms with Crippen molar-refractivity contribution >= 4 is 34.2 Å². The predicted octanol–water partition coefficient (Wildman–Crippen LogP) is 1.86. The zero-order chi connectivity index (χ0) is 19.7. The van der Waals surface area contributed by atoms with E-state index in [9.17, 15) is 14.4 Å². The topological polar surface area (TPSA) is 103 Å². The van der Waals surface area contributed by atoms with Crippen LogP contribution in [0.1, 0.15) is 15.9 Å². The summed E-state index contributed by atoms with van der Waals surface area (Å²) in [6, 6.07) is 15.0. The lowest BCUT2D eigenvalue weighted by Crippen LogP contribution is -2.22. The number of fused-ring (bicyclic) bond motifs is 1. The number of benzene rings is 2. The molecule has 7 nitrogen and oxygen atoms in total. The molecule has 28 heavy (non-hydrogen) atoms. The Labute approximate surface area is 160 Å². The van der Waals surface area contributed by atoms with Gasteiger partial charge in [-0.15, -0.1) is 0 Å². The number of imide groups is 1. The number of ether oxygens (including phenoxy) is 1. The van der Waals surface area contributed by atoms with Crippen LogP contribution >= 0.6 is 0 Å². The molecule has 3 N–H and O–H groups in total. The highest BCUT2D eigenvalue weighted by Crippen LogP contribution is 2.32. The average molecular weight is 375 g/mol. The molecule has 1 aliphatic heterocycles. The molecule has 0 radical (unpaired) electrons. The Kier molecular flexibility index (Phi) is 4.50. The van der Waals surface area contributed by atoms with Gasteiger partial charge >= 0.3 is 0 Å². The largest absolute Gasteiger partial charge is 0.489 e. The quantitative estimate of drug-likeness (QED) is 0.663. The number of rotatable bonds is 5. The smallest absolute Gasteiger partial charge is 0.258 e. The van der Waals surface area contributed by atoms with Crippen LogP contribution in [0.15, 0.2) is 60.8 Å². The van der Waals surface area contributed by atoms with Gasteiger partial charge in [-0.2, -0.15) is 0 Å². The van der Waals surface area contributed by atoms with E-state index in [0.29, 0.717) is 28.8 Å². The van der Waals surface area contributed by atoms with Gasteiger partial charge in [0.15, 0.2) is 0 Å². The van der Waals surface area contributed by atoms with Gasteiger partial charge in [0, 0.05) is 23.2 Å². The highest BCUT2D eigenvalue weighted by atomic mass is 16.5. The molecular formula is C21H17N3O4. The molecule has 0 spiro atoms. The van der Waals surface area contributed by atoms with E-state index in [1.54, 1.807) is 18.2 Å². The molecule has 1 aromatic heterocycles. The van der Waals surface area contributed by atoms with Crippen LogP contribution in [0.5, 0.6) is 5.75 Å². The Bertz CT molecular complexity index is 1130. The van der Waals surface area contributed by atoms with Crippen LogP contribution in [0.25, 0.3) is 16.5 Å². The summed E-state index contributed by atoms with van der Waals surface area (Å²) in [6.45, 7) is 0.200. The van der Waals surface area contributed by atoms with Gasteiger partial charge in [-0.1, -0.05) is 30.3 Å². The number of carbonyl (C=O) groups excluding carboxylic acids is 3. The summed E-state index contributed by atoms with van der Waals surface area (Å²) in [5.41, 5.74) is 7.79. The molecule has 0 unspecified atom stereocenters. The number of hydrogen-bond acceptors (Lipinski definition) is 5. The molecule has 0 fully saturated rings. The standard InChI is InChI=1S/C21H17N3O4/c22-10-20(26)24-11-17(16-9-19(25)23-21(16)27)15-8-14(6-7-18(15)24)28-12-13-4-2-1-3-5-13/h1-9,11H,10,12,22H2,(H,23,25,27). The number of amides is 2. The van der Waals surface area contributed by atoms with Crippen molar-refractivity contribution in [3.63, 3.8) is 0 Å². The summed E-state index contributed by atoms with van der Waals surface area (Å²) in [5, 5.41) is 2.85. The molecule has 7 heteroatoms. The van der Waals surface area contributed by atoms with Gasteiger partial charge in [0.1, 0.15) is 12.4 Å². The molecule has 0 saturated carbocycles. The van der Waals surface area contributed by atoms with E-state index in [-0.39, 0.29) is 18.0 Å². The van der Waals surface area contributed by atoms with Gasteiger partial charge in [0.25, 0.3) is 11.8 Å². The van der Waals surface area contributed by atoms with Crippen molar-refractivity contribution in [3.8, 4) is 5.75 Å². The fourth-order valence-electron chi connectivity index (χ4n) is 3.17. The molecule has 2 amide bonds. The summed E-state index contributed by atoms with van der Waals surface area (Å²) in [4.78, 5) is 35.9. The van der Waals surface area contributed by atoms with E-state index in [0.717, 1.165) is 5.56 Å². The lowest BCUT2D eigenvalue weighted by molar-refractivity contribution is -0.123. The minimum atomic E-state index is -0.500. The van der Waals surface area contributed by atoms with Crippen molar-refractivity contribution in [2.75, 3.05) is 6.54 Å². The Morgan fingerprint density at radius 1 is 1.11 bits per heavy atom. The maximum absolute atomic E-state index is 12.2. The van der Waals surface area contributed by atoms with Gasteiger partial charge in [-0.3, -0.25) is 24.3 Å². The molecule has 1 aliphatic rings. The average Bonchev–Trinajstić information content (AvgIpc) is 3.25. The first-order chi connectivity index (χ1) is 13.6. The van der Waals surface area contributed by atoms with E-state index in [1.807, 2.05) is 30.3 Å². The second-order valence-electron chi connectivity index (χ2n) is 6.34. The molecule has 2 heterocycles. The van der Waals surface area contributed by atoms with Gasteiger partial charge in [0.2, 0.25) is 5.91 Å². The van der Waals surface area contributed by atoms with Gasteiger partial charge in [-0.05, 0) is 23.8 Å². The maximum atomic E-state index is 12.2. The molecule has 2 aromatic carbocycles. The number of nitrogens with one attached hydrogen (secondary N) is 1. The van der Waals surface area contributed by atoms with Crippen molar-refractivity contribution in [1.29, 1.82) is 0 Å². The van der Waals surface area contributed by atoms with E-state index in [2.05, 4.69) is 5.32 Å². The molecule has 0 bridgehead atoms. The first-order valence-corrected chi connectivity index (χ1v) is 8.69. The zero-order valence-corrected chi connectivity index (χ0v) is 14.8. The van der Waals surface area contributed by atoms with E-state index in [4.69, 9.17) is 10.5 Å².